The molecule has 37 heavy (non-hydrogen) atoms. The number of benzene rings is 2. The Morgan fingerprint density at radius 3 is 2.35 bits per heavy atom. The molecule has 0 aromatic heterocycles. The number of carbonyl (C=O) groups is 3. The van der Waals surface area contributed by atoms with Crippen molar-refractivity contribution >= 4 is 29.2 Å². The molecule has 1 heterocycles. The average molecular weight is 512 g/mol. The van der Waals surface area contributed by atoms with Gasteiger partial charge in [0, 0.05) is 61.7 Å². The molecule has 1 aliphatic rings. The molecule has 3 rings (SSSR count). The van der Waals surface area contributed by atoms with Crippen molar-refractivity contribution in [3.05, 3.63) is 59.4 Å². The number of urea groups is 1. The molecule has 1 aliphatic heterocycles. The largest absolute Gasteiger partial charge is 0.369 e. The zero-order chi connectivity index (χ0) is 27.2. The number of rotatable bonds is 6. The molecule has 4 amide bonds. The Bertz CT molecular complexity index is 1130. The van der Waals surface area contributed by atoms with E-state index in [4.69, 9.17) is 0 Å². The molecule has 0 unspecified atom stereocenters. The fraction of sp³-hybridized carbons (Fsp3) is 0.464. The smallest absolute Gasteiger partial charge is 0.317 e. The summed E-state index contributed by atoms with van der Waals surface area (Å²) in [7, 11) is 0. The number of anilines is 2. The van der Waals surface area contributed by atoms with E-state index in [2.05, 4.69) is 15.5 Å². The first-order valence-electron chi connectivity index (χ1n) is 12.8. The highest BCUT2D eigenvalue weighted by molar-refractivity contribution is 6.06. The van der Waals surface area contributed by atoms with Crippen LogP contribution < -0.4 is 15.5 Å². The predicted molar refractivity (Wildman–Crippen MR) is 145 cm³/mol. The second kappa shape index (κ2) is 12.1. The van der Waals surface area contributed by atoms with Gasteiger partial charge in [-0.15, -0.1) is 0 Å². The van der Waals surface area contributed by atoms with Crippen LogP contribution in [-0.2, 0) is 0 Å². The third-order valence-corrected chi connectivity index (χ3v) is 6.23. The molecule has 0 saturated carbocycles. The quantitative estimate of drug-likeness (QED) is 0.595. The van der Waals surface area contributed by atoms with Gasteiger partial charge in [-0.05, 0) is 77.4 Å². The van der Waals surface area contributed by atoms with Gasteiger partial charge in [-0.3, -0.25) is 9.59 Å². The maximum atomic E-state index is 13.6. The molecule has 0 bridgehead atoms. The lowest BCUT2D eigenvalue weighted by molar-refractivity contribution is 0.0773. The van der Waals surface area contributed by atoms with E-state index in [1.165, 1.54) is 24.3 Å². The third-order valence-electron chi connectivity index (χ3n) is 6.23. The second-order valence-electron chi connectivity index (χ2n) is 10.2. The molecule has 2 aromatic rings. The van der Waals surface area contributed by atoms with Gasteiger partial charge in [0.25, 0.3) is 11.8 Å². The van der Waals surface area contributed by atoms with E-state index in [0.717, 1.165) is 12.1 Å². The summed E-state index contributed by atoms with van der Waals surface area (Å²) in [6.45, 7) is 13.2. The van der Waals surface area contributed by atoms with Crippen molar-refractivity contribution < 1.29 is 18.8 Å². The summed E-state index contributed by atoms with van der Waals surface area (Å²) in [6.07, 6.45) is 0.758. The lowest BCUT2D eigenvalue weighted by Gasteiger charge is -2.29. The Morgan fingerprint density at radius 1 is 0.973 bits per heavy atom. The summed E-state index contributed by atoms with van der Waals surface area (Å²) in [5, 5.41) is 5.80. The third kappa shape index (κ3) is 7.44. The highest BCUT2D eigenvalue weighted by Crippen LogP contribution is 2.28. The molecular formula is C28H38FN5O3. The lowest BCUT2D eigenvalue weighted by Crippen LogP contribution is -2.49. The van der Waals surface area contributed by atoms with Crippen LogP contribution in [-0.4, -0.2) is 72.5 Å². The second-order valence-corrected chi connectivity index (χ2v) is 10.2. The van der Waals surface area contributed by atoms with Crippen molar-refractivity contribution in [2.45, 2.75) is 46.6 Å². The molecule has 200 valence electrons. The van der Waals surface area contributed by atoms with Crippen LogP contribution in [0.2, 0.25) is 0 Å². The Hall–Kier alpha value is -3.62. The van der Waals surface area contributed by atoms with Crippen molar-refractivity contribution in [1.29, 1.82) is 0 Å². The van der Waals surface area contributed by atoms with Crippen LogP contribution in [0.15, 0.2) is 42.5 Å². The molecule has 8 nitrogen and oxygen atoms in total. The predicted octanol–water partition coefficient (Wildman–Crippen LogP) is 4.58. The van der Waals surface area contributed by atoms with Crippen molar-refractivity contribution in [2.24, 2.45) is 0 Å². The molecule has 0 radical (unpaired) electrons. The van der Waals surface area contributed by atoms with Crippen molar-refractivity contribution in [2.75, 3.05) is 49.5 Å². The number of nitrogens with zero attached hydrogens (tertiary/aromatic N) is 3. The topological polar surface area (TPSA) is 85.0 Å². The van der Waals surface area contributed by atoms with E-state index in [1.54, 1.807) is 17.0 Å². The molecule has 1 fully saturated rings. The maximum absolute atomic E-state index is 13.6. The summed E-state index contributed by atoms with van der Waals surface area (Å²) in [5.41, 5.74) is 1.57. The van der Waals surface area contributed by atoms with Gasteiger partial charge >= 0.3 is 6.03 Å². The van der Waals surface area contributed by atoms with Gasteiger partial charge in [0.05, 0.1) is 5.56 Å². The average Bonchev–Trinajstić information content (AvgIpc) is 3.10. The number of amides is 4. The molecule has 0 aliphatic carbocycles. The lowest BCUT2D eigenvalue weighted by atomic mass is 10.1. The number of halogens is 1. The highest BCUT2D eigenvalue weighted by atomic mass is 19.1. The molecular weight excluding hydrogens is 473 g/mol. The molecule has 2 N–H and O–H groups in total. The van der Waals surface area contributed by atoms with Crippen LogP contribution in [0.1, 0.15) is 61.8 Å². The maximum Gasteiger partial charge on any atom is 0.317 e. The number of nitrogens with one attached hydrogen (secondary N) is 2. The summed E-state index contributed by atoms with van der Waals surface area (Å²) >= 11 is 0. The Labute approximate surface area is 218 Å². The first-order valence-corrected chi connectivity index (χ1v) is 12.8. The van der Waals surface area contributed by atoms with Crippen LogP contribution in [0.3, 0.4) is 0 Å². The van der Waals surface area contributed by atoms with Crippen molar-refractivity contribution in [1.82, 2.24) is 15.1 Å². The highest BCUT2D eigenvalue weighted by Gasteiger charge is 2.26. The standard InChI is InChI=1S/C28H38FN5O3/c1-6-32(7-2)26(36)23-19-22(30-25(35)20-10-8-11-21(29)18-20)12-13-24(23)33-14-9-15-34(17-16-33)27(37)31-28(3,4)5/h8,10-13,18-19H,6-7,9,14-17H2,1-5H3,(H,30,35)(H,31,37). The van der Waals surface area contributed by atoms with E-state index < -0.39 is 11.7 Å². The van der Waals surface area contributed by atoms with Crippen LogP contribution in [0.25, 0.3) is 0 Å². The van der Waals surface area contributed by atoms with Crippen molar-refractivity contribution in [3.8, 4) is 0 Å². The molecule has 0 spiro atoms. The first kappa shape index (κ1) is 28.0. The van der Waals surface area contributed by atoms with E-state index in [1.807, 2.05) is 45.6 Å². The fourth-order valence-electron chi connectivity index (χ4n) is 4.34. The van der Waals surface area contributed by atoms with E-state index in [0.29, 0.717) is 50.5 Å². The Kier molecular flexibility index (Phi) is 9.13. The minimum atomic E-state index is -0.494. The van der Waals surface area contributed by atoms with Crippen molar-refractivity contribution in [3.63, 3.8) is 0 Å². The minimum Gasteiger partial charge on any atom is -0.369 e. The van der Waals surface area contributed by atoms with Gasteiger partial charge in [0.1, 0.15) is 5.82 Å². The molecule has 0 atom stereocenters. The van der Waals surface area contributed by atoms with E-state index in [-0.39, 0.29) is 23.0 Å². The minimum absolute atomic E-state index is 0.0933. The number of hydrogen-bond donors (Lipinski definition) is 2. The Morgan fingerprint density at radius 2 is 1.70 bits per heavy atom. The van der Waals surface area contributed by atoms with E-state index >= 15 is 0 Å². The zero-order valence-electron chi connectivity index (χ0n) is 22.4. The zero-order valence-corrected chi connectivity index (χ0v) is 22.4. The van der Waals surface area contributed by atoms with Gasteiger partial charge in [-0.1, -0.05) is 6.07 Å². The summed E-state index contributed by atoms with van der Waals surface area (Å²) in [4.78, 5) is 44.6. The molecule has 1 saturated heterocycles. The summed E-state index contributed by atoms with van der Waals surface area (Å²) in [6, 6.07) is 10.6. The van der Waals surface area contributed by atoms with Gasteiger partial charge in [0.2, 0.25) is 0 Å². The number of carbonyl (C=O) groups excluding carboxylic acids is 3. The van der Waals surface area contributed by atoms with Crippen LogP contribution in [0.5, 0.6) is 0 Å². The van der Waals surface area contributed by atoms with Crippen LogP contribution >= 0.6 is 0 Å². The number of hydrogen-bond acceptors (Lipinski definition) is 4. The van der Waals surface area contributed by atoms with Gasteiger partial charge in [0.15, 0.2) is 0 Å². The monoisotopic (exact) mass is 511 g/mol. The van der Waals surface area contributed by atoms with Gasteiger partial charge in [-0.25, -0.2) is 9.18 Å². The fourth-order valence-corrected chi connectivity index (χ4v) is 4.34. The van der Waals surface area contributed by atoms with Gasteiger partial charge < -0.3 is 25.3 Å². The normalized spacial score (nSPS) is 14.1. The van der Waals surface area contributed by atoms with Crippen LogP contribution in [0, 0.1) is 5.82 Å². The van der Waals surface area contributed by atoms with Gasteiger partial charge in [-0.2, -0.15) is 0 Å². The van der Waals surface area contributed by atoms with E-state index in [9.17, 15) is 18.8 Å². The van der Waals surface area contributed by atoms with Crippen LogP contribution in [0.4, 0.5) is 20.6 Å². The molecule has 9 heteroatoms. The Balaban J connectivity index is 1.86. The molecule has 2 aromatic carbocycles. The summed E-state index contributed by atoms with van der Waals surface area (Å²) < 4.78 is 13.6. The first-order chi connectivity index (χ1) is 17.5. The summed E-state index contributed by atoms with van der Waals surface area (Å²) in [5.74, 6) is -1.08. The SMILES string of the molecule is CCN(CC)C(=O)c1cc(NC(=O)c2cccc(F)c2)ccc1N1CCCN(C(=O)NC(C)(C)C)CC1.